The standard InChI is InChI=1S/C24H35N3O4S/c28-24(27-29)9-4-5-16-25-17-6-18-26-19-14-22-10-12-23(13-11-22)32(30,31)20-15-21-7-2-1-3-8-21/h1-3,7-8,10-13,25-26,29H,4-6,9,14-20H2,(H,27,28). The van der Waals surface area contributed by atoms with Gasteiger partial charge in [-0.1, -0.05) is 42.5 Å². The second-order valence-electron chi connectivity index (χ2n) is 7.79. The van der Waals surface area contributed by atoms with Gasteiger partial charge in [-0.15, -0.1) is 0 Å². The average molecular weight is 462 g/mol. The highest BCUT2D eigenvalue weighted by atomic mass is 32.2. The van der Waals surface area contributed by atoms with Gasteiger partial charge >= 0.3 is 0 Å². The Labute approximate surface area is 191 Å². The molecule has 0 bridgehead atoms. The predicted octanol–water partition coefficient (Wildman–Crippen LogP) is 2.49. The number of hydrogen-bond donors (Lipinski definition) is 4. The number of nitrogens with one attached hydrogen (secondary N) is 3. The van der Waals surface area contributed by atoms with E-state index in [1.807, 2.05) is 42.5 Å². The van der Waals surface area contributed by atoms with E-state index < -0.39 is 9.84 Å². The topological polar surface area (TPSA) is 108 Å². The van der Waals surface area contributed by atoms with Crippen molar-refractivity contribution in [3.8, 4) is 0 Å². The minimum Gasteiger partial charge on any atom is -0.317 e. The molecule has 0 atom stereocenters. The summed E-state index contributed by atoms with van der Waals surface area (Å²) in [4.78, 5) is 11.3. The van der Waals surface area contributed by atoms with Gasteiger partial charge in [0.05, 0.1) is 10.6 Å². The Balaban J connectivity index is 1.55. The van der Waals surface area contributed by atoms with E-state index >= 15 is 0 Å². The van der Waals surface area contributed by atoms with E-state index in [0.717, 1.165) is 63.0 Å². The zero-order valence-electron chi connectivity index (χ0n) is 18.6. The fourth-order valence-electron chi connectivity index (χ4n) is 3.29. The number of carbonyl (C=O) groups is 1. The lowest BCUT2D eigenvalue weighted by atomic mass is 10.1. The quantitative estimate of drug-likeness (QED) is 0.174. The molecule has 0 saturated carbocycles. The second-order valence-corrected chi connectivity index (χ2v) is 9.90. The van der Waals surface area contributed by atoms with Gasteiger partial charge in [-0.25, -0.2) is 13.9 Å². The van der Waals surface area contributed by atoms with Crippen LogP contribution >= 0.6 is 0 Å². The summed E-state index contributed by atoms with van der Waals surface area (Å²) in [5.74, 6) is -0.224. The fraction of sp³-hybridized carbons (Fsp3) is 0.458. The Morgan fingerprint density at radius 1 is 0.750 bits per heavy atom. The summed E-state index contributed by atoms with van der Waals surface area (Å²) in [6.07, 6.45) is 4.38. The van der Waals surface area contributed by atoms with Crippen LogP contribution in [0.2, 0.25) is 0 Å². The van der Waals surface area contributed by atoms with Gasteiger partial charge in [-0.2, -0.15) is 0 Å². The monoisotopic (exact) mass is 461 g/mol. The van der Waals surface area contributed by atoms with Crippen LogP contribution in [0.25, 0.3) is 0 Å². The highest BCUT2D eigenvalue weighted by molar-refractivity contribution is 7.91. The first kappa shape index (κ1) is 26.0. The summed E-state index contributed by atoms with van der Waals surface area (Å²) >= 11 is 0. The highest BCUT2D eigenvalue weighted by Gasteiger charge is 2.14. The van der Waals surface area contributed by atoms with Crippen molar-refractivity contribution in [2.75, 3.05) is 31.9 Å². The number of hydroxylamine groups is 1. The van der Waals surface area contributed by atoms with E-state index in [0.29, 0.717) is 17.7 Å². The zero-order valence-corrected chi connectivity index (χ0v) is 19.4. The SMILES string of the molecule is O=C(CCCCNCCCNCCc1ccc(S(=O)(=O)CCc2ccccc2)cc1)NO. The largest absolute Gasteiger partial charge is 0.317 e. The Kier molecular flexibility index (Phi) is 12.0. The number of amides is 1. The Hall–Kier alpha value is -2.26. The zero-order chi connectivity index (χ0) is 23.1. The van der Waals surface area contributed by atoms with E-state index in [-0.39, 0.29) is 11.7 Å². The number of aryl methyl sites for hydroxylation is 1. The van der Waals surface area contributed by atoms with E-state index in [2.05, 4.69) is 10.6 Å². The van der Waals surface area contributed by atoms with Crippen LogP contribution in [-0.4, -0.2) is 51.5 Å². The smallest absolute Gasteiger partial charge is 0.243 e. The van der Waals surface area contributed by atoms with Crippen LogP contribution in [0.15, 0.2) is 59.5 Å². The Morgan fingerprint density at radius 3 is 2.06 bits per heavy atom. The van der Waals surface area contributed by atoms with Gasteiger partial charge in [0.25, 0.3) is 0 Å². The van der Waals surface area contributed by atoms with Crippen molar-refractivity contribution >= 4 is 15.7 Å². The highest BCUT2D eigenvalue weighted by Crippen LogP contribution is 2.14. The molecule has 0 unspecified atom stereocenters. The summed E-state index contributed by atoms with van der Waals surface area (Å²) < 4.78 is 25.1. The molecular formula is C24H35N3O4S. The minimum absolute atomic E-state index is 0.115. The Morgan fingerprint density at radius 2 is 1.38 bits per heavy atom. The molecule has 0 aliphatic carbocycles. The lowest BCUT2D eigenvalue weighted by Crippen LogP contribution is -2.24. The van der Waals surface area contributed by atoms with Crippen molar-refractivity contribution in [1.82, 2.24) is 16.1 Å². The third-order valence-corrected chi connectivity index (χ3v) is 6.95. The second kappa shape index (κ2) is 14.7. The average Bonchev–Trinajstić information content (AvgIpc) is 2.82. The normalized spacial score (nSPS) is 11.4. The lowest BCUT2D eigenvalue weighted by molar-refractivity contribution is -0.129. The van der Waals surface area contributed by atoms with Crippen molar-refractivity contribution in [2.24, 2.45) is 0 Å². The van der Waals surface area contributed by atoms with Gasteiger partial charge in [-0.3, -0.25) is 10.0 Å². The minimum atomic E-state index is -3.28. The van der Waals surface area contributed by atoms with E-state index in [1.54, 1.807) is 17.6 Å². The molecule has 0 fully saturated rings. The molecule has 0 aromatic heterocycles. The molecule has 2 aromatic carbocycles. The molecule has 1 amide bonds. The number of carbonyl (C=O) groups excluding carboxylic acids is 1. The maximum Gasteiger partial charge on any atom is 0.243 e. The molecule has 0 radical (unpaired) electrons. The summed E-state index contributed by atoms with van der Waals surface area (Å²) in [6, 6.07) is 16.9. The summed E-state index contributed by atoms with van der Waals surface area (Å²) in [5.41, 5.74) is 3.78. The molecule has 0 saturated heterocycles. The number of hydrogen-bond acceptors (Lipinski definition) is 6. The molecule has 0 aliphatic rings. The van der Waals surface area contributed by atoms with Crippen LogP contribution in [0.3, 0.4) is 0 Å². The van der Waals surface area contributed by atoms with Crippen molar-refractivity contribution in [3.63, 3.8) is 0 Å². The third-order valence-electron chi connectivity index (χ3n) is 5.21. The summed E-state index contributed by atoms with van der Waals surface area (Å²) in [5, 5.41) is 15.1. The van der Waals surface area contributed by atoms with Crippen molar-refractivity contribution in [3.05, 3.63) is 65.7 Å². The number of sulfone groups is 1. The maximum absolute atomic E-state index is 12.6. The molecule has 2 rings (SSSR count). The molecule has 0 spiro atoms. The van der Waals surface area contributed by atoms with Gasteiger partial charge in [0.2, 0.25) is 5.91 Å². The van der Waals surface area contributed by atoms with Crippen LogP contribution in [-0.2, 0) is 27.5 Å². The molecule has 0 aliphatic heterocycles. The molecule has 32 heavy (non-hydrogen) atoms. The molecule has 0 heterocycles. The molecular weight excluding hydrogens is 426 g/mol. The van der Waals surface area contributed by atoms with Crippen LogP contribution in [0.4, 0.5) is 0 Å². The number of unbranched alkanes of at least 4 members (excludes halogenated alkanes) is 1. The first-order chi connectivity index (χ1) is 15.5. The van der Waals surface area contributed by atoms with Crippen LogP contribution in [0.5, 0.6) is 0 Å². The van der Waals surface area contributed by atoms with E-state index in [9.17, 15) is 13.2 Å². The van der Waals surface area contributed by atoms with Crippen LogP contribution in [0, 0.1) is 0 Å². The van der Waals surface area contributed by atoms with Crippen molar-refractivity contribution in [2.45, 2.75) is 43.4 Å². The van der Waals surface area contributed by atoms with Gasteiger partial charge < -0.3 is 10.6 Å². The van der Waals surface area contributed by atoms with Crippen molar-refractivity contribution in [1.29, 1.82) is 0 Å². The molecule has 176 valence electrons. The molecule has 7 nitrogen and oxygen atoms in total. The third kappa shape index (κ3) is 10.4. The molecule has 4 N–H and O–H groups in total. The summed E-state index contributed by atoms with van der Waals surface area (Å²) in [6.45, 7) is 3.52. The lowest BCUT2D eigenvalue weighted by Gasteiger charge is -2.08. The molecule has 8 heteroatoms. The Bertz CT molecular complexity index is 887. The van der Waals surface area contributed by atoms with Gasteiger partial charge in [0.1, 0.15) is 0 Å². The van der Waals surface area contributed by atoms with Crippen molar-refractivity contribution < 1.29 is 18.4 Å². The maximum atomic E-state index is 12.6. The first-order valence-corrected chi connectivity index (χ1v) is 12.9. The first-order valence-electron chi connectivity index (χ1n) is 11.2. The van der Waals surface area contributed by atoms with Gasteiger partial charge in [0.15, 0.2) is 9.84 Å². The fourth-order valence-corrected chi connectivity index (χ4v) is 4.58. The number of benzene rings is 2. The van der Waals surface area contributed by atoms with E-state index in [1.165, 1.54) is 0 Å². The predicted molar refractivity (Wildman–Crippen MR) is 126 cm³/mol. The van der Waals surface area contributed by atoms with Gasteiger partial charge in [-0.05, 0) is 81.5 Å². The van der Waals surface area contributed by atoms with Crippen LogP contribution < -0.4 is 16.1 Å². The van der Waals surface area contributed by atoms with Crippen LogP contribution in [0.1, 0.15) is 36.8 Å². The number of rotatable bonds is 16. The van der Waals surface area contributed by atoms with Gasteiger partial charge in [0, 0.05) is 6.42 Å². The molecule has 2 aromatic rings. The van der Waals surface area contributed by atoms with E-state index in [4.69, 9.17) is 5.21 Å². The summed E-state index contributed by atoms with van der Waals surface area (Å²) in [7, 11) is -3.28.